The van der Waals surface area contributed by atoms with Gasteiger partial charge in [-0.05, 0) is 35.7 Å². The number of rotatable bonds is 5. The quantitative estimate of drug-likeness (QED) is 0.815. The van der Waals surface area contributed by atoms with Crippen molar-refractivity contribution in [2.45, 2.75) is 17.9 Å². The van der Waals surface area contributed by atoms with Gasteiger partial charge in [0.05, 0.1) is 4.90 Å². The molecule has 4 rings (SSSR count). The van der Waals surface area contributed by atoms with Crippen molar-refractivity contribution in [1.29, 1.82) is 0 Å². The van der Waals surface area contributed by atoms with Crippen molar-refractivity contribution in [2.24, 2.45) is 5.92 Å². The molecule has 0 bridgehead atoms. The molecule has 6 nitrogen and oxygen atoms in total. The predicted octanol–water partition coefficient (Wildman–Crippen LogP) is 1.38. The van der Waals surface area contributed by atoms with Crippen molar-refractivity contribution in [3.05, 3.63) is 65.2 Å². The number of nitrogens with one attached hydrogen (secondary N) is 2. The molecular formula is C20H23N3O3S. The third-order valence-electron chi connectivity index (χ3n) is 5.25. The molecule has 0 unspecified atom stereocenters. The molecule has 2 aromatic rings. The van der Waals surface area contributed by atoms with Gasteiger partial charge in [-0.25, -0.2) is 8.42 Å². The normalized spacial score (nSPS) is 17.8. The van der Waals surface area contributed by atoms with Crippen LogP contribution in [-0.4, -0.2) is 44.8 Å². The van der Waals surface area contributed by atoms with Gasteiger partial charge in [0.1, 0.15) is 0 Å². The largest absolute Gasteiger partial charge is 0.352 e. The smallest absolute Gasteiger partial charge is 0.251 e. The van der Waals surface area contributed by atoms with Crippen LogP contribution in [-0.2, 0) is 23.0 Å². The van der Waals surface area contributed by atoms with Crippen LogP contribution in [0.1, 0.15) is 21.5 Å². The van der Waals surface area contributed by atoms with E-state index in [1.807, 2.05) is 24.3 Å². The van der Waals surface area contributed by atoms with E-state index in [1.165, 1.54) is 15.9 Å². The molecule has 2 aromatic carbocycles. The lowest BCUT2D eigenvalue weighted by Gasteiger charge is -2.28. The van der Waals surface area contributed by atoms with Crippen LogP contribution in [0, 0.1) is 5.92 Å². The minimum absolute atomic E-state index is 0.167. The van der Waals surface area contributed by atoms with Crippen LogP contribution in [0.3, 0.4) is 0 Å². The van der Waals surface area contributed by atoms with Gasteiger partial charge in [-0.2, -0.15) is 4.31 Å². The third-order valence-corrected chi connectivity index (χ3v) is 7.09. The minimum atomic E-state index is -3.64. The van der Waals surface area contributed by atoms with Gasteiger partial charge in [0.2, 0.25) is 10.0 Å². The summed E-state index contributed by atoms with van der Waals surface area (Å²) in [7, 11) is -3.64. The summed E-state index contributed by atoms with van der Waals surface area (Å²) >= 11 is 0. The van der Waals surface area contributed by atoms with Crippen LogP contribution in [0.5, 0.6) is 0 Å². The fraction of sp³-hybridized carbons (Fsp3) is 0.350. The maximum atomic E-state index is 13.1. The number of sulfonamides is 1. The molecule has 7 heteroatoms. The first-order valence-corrected chi connectivity index (χ1v) is 10.6. The first-order valence-electron chi connectivity index (χ1n) is 9.20. The zero-order valence-electron chi connectivity index (χ0n) is 15.0. The second-order valence-electron chi connectivity index (χ2n) is 7.12. The highest BCUT2D eigenvalue weighted by molar-refractivity contribution is 7.89. The minimum Gasteiger partial charge on any atom is -0.352 e. The maximum Gasteiger partial charge on any atom is 0.251 e. The maximum absolute atomic E-state index is 13.1. The summed E-state index contributed by atoms with van der Waals surface area (Å²) in [4.78, 5) is 12.5. The van der Waals surface area contributed by atoms with Crippen LogP contribution < -0.4 is 10.6 Å². The van der Waals surface area contributed by atoms with Gasteiger partial charge in [0, 0.05) is 44.2 Å². The Morgan fingerprint density at radius 1 is 1.11 bits per heavy atom. The van der Waals surface area contributed by atoms with E-state index < -0.39 is 10.0 Å². The van der Waals surface area contributed by atoms with E-state index in [9.17, 15) is 13.2 Å². The van der Waals surface area contributed by atoms with Crippen LogP contribution in [0.4, 0.5) is 0 Å². The molecule has 0 radical (unpaired) electrons. The summed E-state index contributed by atoms with van der Waals surface area (Å²) in [6.45, 7) is 3.23. The van der Waals surface area contributed by atoms with Gasteiger partial charge < -0.3 is 10.6 Å². The average Bonchev–Trinajstić information content (AvgIpc) is 2.66. The Bertz CT molecular complexity index is 954. The van der Waals surface area contributed by atoms with Crippen molar-refractivity contribution >= 4 is 15.9 Å². The SMILES string of the molecule is O=C(NCC1CNC1)c1cccc(S(=O)(=O)N2CCc3ccccc3C2)c1. The van der Waals surface area contributed by atoms with Gasteiger partial charge in [0.15, 0.2) is 0 Å². The summed E-state index contributed by atoms with van der Waals surface area (Å²) in [6.07, 6.45) is 0.699. The van der Waals surface area contributed by atoms with E-state index in [0.717, 1.165) is 18.7 Å². The molecule has 2 N–H and O–H groups in total. The predicted molar refractivity (Wildman–Crippen MR) is 103 cm³/mol. The van der Waals surface area contributed by atoms with Crippen molar-refractivity contribution in [3.8, 4) is 0 Å². The number of hydrogen-bond donors (Lipinski definition) is 2. The van der Waals surface area contributed by atoms with Gasteiger partial charge in [-0.15, -0.1) is 0 Å². The first kappa shape index (κ1) is 18.2. The fourth-order valence-corrected chi connectivity index (χ4v) is 4.92. The van der Waals surface area contributed by atoms with Crippen molar-refractivity contribution < 1.29 is 13.2 Å². The van der Waals surface area contributed by atoms with E-state index in [-0.39, 0.29) is 10.8 Å². The number of fused-ring (bicyclic) bond motifs is 1. The number of benzene rings is 2. The van der Waals surface area contributed by atoms with Crippen LogP contribution in [0.15, 0.2) is 53.4 Å². The van der Waals surface area contributed by atoms with E-state index in [2.05, 4.69) is 10.6 Å². The van der Waals surface area contributed by atoms with Crippen LogP contribution in [0.2, 0.25) is 0 Å². The number of amides is 1. The third kappa shape index (κ3) is 3.76. The molecule has 27 heavy (non-hydrogen) atoms. The molecule has 2 heterocycles. The fourth-order valence-electron chi connectivity index (χ4n) is 3.45. The molecule has 1 amide bonds. The molecule has 142 valence electrons. The van der Waals surface area contributed by atoms with Gasteiger partial charge >= 0.3 is 0 Å². The Kier molecular flexibility index (Phi) is 4.99. The van der Waals surface area contributed by atoms with E-state index in [1.54, 1.807) is 18.2 Å². The molecule has 1 saturated heterocycles. The summed E-state index contributed by atoms with van der Waals surface area (Å²) in [6, 6.07) is 14.2. The Balaban J connectivity index is 1.51. The molecule has 0 saturated carbocycles. The molecule has 0 aromatic heterocycles. The number of carbonyl (C=O) groups is 1. The van der Waals surface area contributed by atoms with Crippen LogP contribution >= 0.6 is 0 Å². The number of carbonyl (C=O) groups excluding carboxylic acids is 1. The first-order chi connectivity index (χ1) is 13.0. The van der Waals surface area contributed by atoms with Crippen molar-refractivity contribution in [3.63, 3.8) is 0 Å². The van der Waals surface area contributed by atoms with E-state index in [0.29, 0.717) is 37.5 Å². The molecule has 0 spiro atoms. The zero-order valence-corrected chi connectivity index (χ0v) is 15.8. The van der Waals surface area contributed by atoms with Crippen molar-refractivity contribution in [2.75, 3.05) is 26.2 Å². The topological polar surface area (TPSA) is 78.5 Å². The zero-order chi connectivity index (χ0) is 18.9. The molecule has 2 aliphatic heterocycles. The Morgan fingerprint density at radius 3 is 2.63 bits per heavy atom. The molecule has 2 aliphatic rings. The van der Waals surface area contributed by atoms with Gasteiger partial charge in [0.25, 0.3) is 5.91 Å². The lowest BCUT2D eigenvalue weighted by Crippen LogP contribution is -2.48. The van der Waals surface area contributed by atoms with Gasteiger partial charge in [-0.1, -0.05) is 30.3 Å². The monoisotopic (exact) mass is 385 g/mol. The molecule has 0 aliphatic carbocycles. The second-order valence-corrected chi connectivity index (χ2v) is 9.06. The Morgan fingerprint density at radius 2 is 1.89 bits per heavy atom. The lowest BCUT2D eigenvalue weighted by molar-refractivity contribution is 0.0942. The Labute approximate surface area is 159 Å². The summed E-state index contributed by atoms with van der Waals surface area (Å²) in [5.74, 6) is 0.220. The highest BCUT2D eigenvalue weighted by Crippen LogP contribution is 2.25. The average molecular weight is 385 g/mol. The summed E-state index contributed by atoms with van der Waals surface area (Å²) in [5.41, 5.74) is 2.61. The van der Waals surface area contributed by atoms with E-state index in [4.69, 9.17) is 0 Å². The van der Waals surface area contributed by atoms with Gasteiger partial charge in [-0.3, -0.25) is 4.79 Å². The molecule has 0 atom stereocenters. The number of hydrogen-bond acceptors (Lipinski definition) is 4. The highest BCUT2D eigenvalue weighted by atomic mass is 32.2. The Hall–Kier alpha value is -2.22. The summed E-state index contributed by atoms with van der Waals surface area (Å²) in [5, 5.41) is 6.05. The highest BCUT2D eigenvalue weighted by Gasteiger charge is 2.28. The molecule has 1 fully saturated rings. The number of nitrogens with zero attached hydrogens (tertiary/aromatic N) is 1. The standard InChI is InChI=1S/C20H23N3O3S/c24-20(22-13-15-11-21-12-15)17-6-3-7-19(10-17)27(25,26)23-9-8-16-4-1-2-5-18(16)14-23/h1-7,10,15,21H,8-9,11-14H2,(H,22,24). The van der Waals surface area contributed by atoms with Crippen LogP contribution in [0.25, 0.3) is 0 Å². The lowest BCUT2D eigenvalue weighted by atomic mass is 10.0. The van der Waals surface area contributed by atoms with Crippen molar-refractivity contribution in [1.82, 2.24) is 14.9 Å². The second kappa shape index (κ2) is 7.42. The van der Waals surface area contributed by atoms with E-state index >= 15 is 0 Å². The molecular weight excluding hydrogens is 362 g/mol. The summed E-state index contributed by atoms with van der Waals surface area (Å²) < 4.78 is 27.7.